The number of pyridine rings is 1. The van der Waals surface area contributed by atoms with Crippen LogP contribution in [0.3, 0.4) is 0 Å². The molecule has 3 aromatic rings. The number of hydrogen-bond donors (Lipinski definition) is 1. The summed E-state index contributed by atoms with van der Waals surface area (Å²) in [7, 11) is 0. The van der Waals surface area contributed by atoms with Crippen molar-refractivity contribution >= 4 is 17.4 Å². The van der Waals surface area contributed by atoms with Gasteiger partial charge in [-0.25, -0.2) is 0 Å². The molecule has 0 aliphatic carbocycles. The van der Waals surface area contributed by atoms with Gasteiger partial charge in [0.15, 0.2) is 6.61 Å². The lowest BCUT2D eigenvalue weighted by Gasteiger charge is -2.16. The molecule has 0 unspecified atom stereocenters. The third kappa shape index (κ3) is 4.53. The Hall–Kier alpha value is -3.56. The number of ether oxygens (including phenoxy) is 1. The molecule has 0 fully saturated rings. The van der Waals surface area contributed by atoms with Crippen LogP contribution in [0.5, 0.6) is 11.6 Å². The van der Waals surface area contributed by atoms with Crippen LogP contribution in [0, 0.1) is 39.0 Å². The quantitative estimate of drug-likeness (QED) is 0.553. The first-order valence-electron chi connectivity index (χ1n) is 9.98. The summed E-state index contributed by atoms with van der Waals surface area (Å²) in [5.41, 5.74) is 2.62. The summed E-state index contributed by atoms with van der Waals surface area (Å²) in [5, 5.41) is 21.0. The first-order chi connectivity index (χ1) is 15.1. The molecule has 0 atom stereocenters. The van der Waals surface area contributed by atoms with Crippen molar-refractivity contribution in [3.63, 3.8) is 0 Å². The maximum atomic E-state index is 13.0. The lowest BCUT2D eigenvalue weighted by atomic mass is 10.0. The average molecular weight is 451 g/mol. The lowest BCUT2D eigenvalue weighted by Crippen LogP contribution is -2.28. The van der Waals surface area contributed by atoms with E-state index in [1.165, 1.54) is 6.92 Å². The Bertz CT molecular complexity index is 1280. The fraction of sp³-hybridized carbons (Fsp3) is 0.240. The lowest BCUT2D eigenvalue weighted by molar-refractivity contribution is 0.0916. The fourth-order valence-corrected chi connectivity index (χ4v) is 3.63. The molecule has 1 N–H and O–H groups in total. The third-order valence-corrected chi connectivity index (χ3v) is 5.92. The van der Waals surface area contributed by atoms with Gasteiger partial charge in [-0.05, 0) is 62.1 Å². The highest BCUT2D eigenvalue weighted by molar-refractivity contribution is 6.32. The number of nitriles is 1. The monoisotopic (exact) mass is 450 g/mol. The van der Waals surface area contributed by atoms with Crippen LogP contribution < -0.4 is 10.3 Å². The van der Waals surface area contributed by atoms with Gasteiger partial charge in [0.1, 0.15) is 17.4 Å². The van der Waals surface area contributed by atoms with Crippen LogP contribution in [0.1, 0.15) is 43.7 Å². The molecule has 0 amide bonds. The molecule has 0 bridgehead atoms. The van der Waals surface area contributed by atoms with E-state index in [1.807, 2.05) is 51.1 Å². The topological polar surface area (TPSA) is 92.3 Å². The normalized spacial score (nSPS) is 10.6. The Morgan fingerprint density at radius 2 is 1.72 bits per heavy atom. The molecule has 0 saturated heterocycles. The van der Waals surface area contributed by atoms with Crippen molar-refractivity contribution in [3.8, 4) is 17.7 Å². The van der Waals surface area contributed by atoms with E-state index in [9.17, 15) is 20.0 Å². The van der Waals surface area contributed by atoms with Crippen molar-refractivity contribution in [2.24, 2.45) is 0 Å². The number of carbonyl (C=O) groups excluding carboxylic acids is 1. The molecule has 7 heteroatoms. The Balaban J connectivity index is 1.98. The molecule has 6 nitrogen and oxygen atoms in total. The predicted octanol–water partition coefficient (Wildman–Crippen LogP) is 4.62. The first kappa shape index (κ1) is 23.1. The molecule has 0 aliphatic rings. The van der Waals surface area contributed by atoms with Crippen LogP contribution in [-0.4, -0.2) is 22.1 Å². The van der Waals surface area contributed by atoms with E-state index in [0.29, 0.717) is 10.8 Å². The summed E-state index contributed by atoms with van der Waals surface area (Å²) >= 11 is 6.17. The van der Waals surface area contributed by atoms with E-state index >= 15 is 0 Å². The molecule has 164 valence electrons. The van der Waals surface area contributed by atoms with Crippen molar-refractivity contribution < 1.29 is 14.6 Å². The van der Waals surface area contributed by atoms with Gasteiger partial charge < -0.3 is 9.84 Å². The maximum Gasteiger partial charge on any atom is 0.271 e. The number of hydrogen-bond acceptors (Lipinski definition) is 5. The third-order valence-electron chi connectivity index (χ3n) is 5.32. The van der Waals surface area contributed by atoms with Crippen molar-refractivity contribution in [2.75, 3.05) is 6.61 Å². The van der Waals surface area contributed by atoms with Gasteiger partial charge in [-0.1, -0.05) is 41.4 Å². The number of carbonyl (C=O) groups is 1. The average Bonchev–Trinajstić information content (AvgIpc) is 2.75. The molecule has 32 heavy (non-hydrogen) atoms. The molecular weight excluding hydrogens is 428 g/mol. The summed E-state index contributed by atoms with van der Waals surface area (Å²) < 4.78 is 6.68. The van der Waals surface area contributed by atoms with Gasteiger partial charge in [0, 0.05) is 5.02 Å². The van der Waals surface area contributed by atoms with Crippen LogP contribution in [0.15, 0.2) is 41.2 Å². The molecular formula is C25H23ClN2O4. The Morgan fingerprint density at radius 3 is 2.28 bits per heavy atom. The summed E-state index contributed by atoms with van der Waals surface area (Å²) in [6, 6.07) is 12.7. The van der Waals surface area contributed by atoms with Crippen LogP contribution in [0.25, 0.3) is 0 Å². The van der Waals surface area contributed by atoms with Gasteiger partial charge >= 0.3 is 0 Å². The Morgan fingerprint density at radius 1 is 1.12 bits per heavy atom. The second-order valence-corrected chi connectivity index (χ2v) is 8.15. The van der Waals surface area contributed by atoms with Gasteiger partial charge in [0.2, 0.25) is 11.7 Å². The number of nitrogens with zero attached hydrogens (tertiary/aromatic N) is 2. The van der Waals surface area contributed by atoms with Gasteiger partial charge in [0.25, 0.3) is 5.56 Å². The highest BCUT2D eigenvalue weighted by Crippen LogP contribution is 2.27. The van der Waals surface area contributed by atoms with E-state index in [0.717, 1.165) is 26.8 Å². The molecule has 0 radical (unpaired) electrons. The predicted molar refractivity (Wildman–Crippen MR) is 123 cm³/mol. The second kappa shape index (κ2) is 9.29. The van der Waals surface area contributed by atoms with E-state index < -0.39 is 17.2 Å². The molecule has 1 heterocycles. The van der Waals surface area contributed by atoms with Gasteiger partial charge in [-0.15, -0.1) is 0 Å². The number of aromatic nitrogens is 1. The highest BCUT2D eigenvalue weighted by Gasteiger charge is 2.24. The number of rotatable bonds is 6. The number of aromatic hydroxyl groups is 1. The molecule has 0 aliphatic heterocycles. The standard InChI is InChI=1S/C25H23ClN2O4/c1-14-5-7-18(8-6-14)12-28-24(30)20(11-27)17(4)22(25(28)31)21(29)13-32-19-9-15(2)23(26)16(3)10-19/h5-10,31H,12-13H2,1-4H3. The zero-order valence-corrected chi connectivity index (χ0v) is 19.1. The first-order valence-corrected chi connectivity index (χ1v) is 10.4. The van der Waals surface area contributed by atoms with Crippen molar-refractivity contribution in [2.45, 2.75) is 34.2 Å². The van der Waals surface area contributed by atoms with E-state index in [-0.39, 0.29) is 29.8 Å². The molecule has 1 aromatic heterocycles. The largest absolute Gasteiger partial charge is 0.494 e. The molecule has 0 spiro atoms. The van der Waals surface area contributed by atoms with Crippen LogP contribution >= 0.6 is 11.6 Å². The van der Waals surface area contributed by atoms with Crippen molar-refractivity contribution in [3.05, 3.63) is 90.7 Å². The smallest absolute Gasteiger partial charge is 0.271 e. The van der Waals surface area contributed by atoms with E-state index in [2.05, 4.69) is 0 Å². The maximum absolute atomic E-state index is 13.0. The number of aryl methyl sites for hydroxylation is 3. The molecule has 0 saturated carbocycles. The summed E-state index contributed by atoms with van der Waals surface area (Å²) in [6.07, 6.45) is 0. The highest BCUT2D eigenvalue weighted by atomic mass is 35.5. The minimum absolute atomic E-state index is 0.0244. The Kier molecular flexibility index (Phi) is 6.71. The second-order valence-electron chi connectivity index (χ2n) is 7.77. The Labute approximate surface area is 191 Å². The molecule has 3 rings (SSSR count). The molecule has 2 aromatic carbocycles. The number of ketones is 1. The minimum Gasteiger partial charge on any atom is -0.494 e. The number of halogens is 1. The number of Topliss-reactive ketones (excluding diaryl/α,β-unsaturated/α-hetero) is 1. The van der Waals surface area contributed by atoms with Crippen molar-refractivity contribution in [1.82, 2.24) is 4.57 Å². The van der Waals surface area contributed by atoms with Crippen molar-refractivity contribution in [1.29, 1.82) is 5.26 Å². The zero-order chi connectivity index (χ0) is 23.6. The number of benzene rings is 2. The van der Waals surface area contributed by atoms with E-state index in [1.54, 1.807) is 12.1 Å². The van der Waals surface area contributed by atoms with Gasteiger partial charge in [0.05, 0.1) is 12.1 Å². The van der Waals surface area contributed by atoms with Gasteiger partial charge in [-0.3, -0.25) is 14.2 Å². The zero-order valence-electron chi connectivity index (χ0n) is 18.3. The minimum atomic E-state index is -0.649. The van der Waals surface area contributed by atoms with E-state index in [4.69, 9.17) is 16.3 Å². The van der Waals surface area contributed by atoms with Crippen LogP contribution in [0.4, 0.5) is 0 Å². The fourth-order valence-electron chi connectivity index (χ4n) is 3.52. The van der Waals surface area contributed by atoms with Gasteiger partial charge in [-0.2, -0.15) is 5.26 Å². The summed E-state index contributed by atoms with van der Waals surface area (Å²) in [5.74, 6) is -0.563. The summed E-state index contributed by atoms with van der Waals surface area (Å²) in [6.45, 7) is 6.73. The SMILES string of the molecule is Cc1ccc(Cn2c(O)c(C(=O)COc3cc(C)c(Cl)c(C)c3)c(C)c(C#N)c2=O)cc1. The summed E-state index contributed by atoms with van der Waals surface area (Å²) in [4.78, 5) is 25.8. The van der Waals surface area contributed by atoms with Crippen LogP contribution in [-0.2, 0) is 6.54 Å². The van der Waals surface area contributed by atoms with Crippen LogP contribution in [0.2, 0.25) is 5.02 Å².